The standard InChI is InChI=1S/C14H24N2O2/c15-12-5-3-11(4-6-12)14(17)16-7-8-18-9-13(16)10-1-2-10/h10-13H,1-9,15H2. The molecule has 0 aromatic rings. The normalized spacial score (nSPS) is 37.6. The Labute approximate surface area is 109 Å². The smallest absolute Gasteiger partial charge is 0.226 e. The monoisotopic (exact) mass is 252 g/mol. The lowest BCUT2D eigenvalue weighted by Crippen LogP contribution is -2.52. The van der Waals surface area contributed by atoms with E-state index in [-0.39, 0.29) is 5.92 Å². The molecule has 2 aliphatic carbocycles. The summed E-state index contributed by atoms with van der Waals surface area (Å²) in [4.78, 5) is 14.8. The van der Waals surface area contributed by atoms with Crippen LogP contribution in [0.2, 0.25) is 0 Å². The number of rotatable bonds is 2. The Morgan fingerprint density at radius 3 is 2.50 bits per heavy atom. The molecule has 4 heteroatoms. The Hall–Kier alpha value is -0.610. The number of hydrogen-bond donors (Lipinski definition) is 1. The first kappa shape index (κ1) is 12.4. The van der Waals surface area contributed by atoms with Crippen molar-refractivity contribution in [3.05, 3.63) is 0 Å². The predicted molar refractivity (Wildman–Crippen MR) is 69.0 cm³/mol. The van der Waals surface area contributed by atoms with Crippen molar-refractivity contribution in [3.8, 4) is 0 Å². The van der Waals surface area contributed by atoms with Crippen LogP contribution >= 0.6 is 0 Å². The molecule has 0 spiro atoms. The van der Waals surface area contributed by atoms with Gasteiger partial charge in [0, 0.05) is 18.5 Å². The summed E-state index contributed by atoms with van der Waals surface area (Å²) in [5.74, 6) is 1.31. The zero-order valence-corrected chi connectivity index (χ0v) is 11.0. The summed E-state index contributed by atoms with van der Waals surface area (Å²) in [6.45, 7) is 2.26. The molecule has 0 bridgehead atoms. The second-order valence-electron chi connectivity index (χ2n) is 6.12. The number of hydrogen-bond acceptors (Lipinski definition) is 3. The highest BCUT2D eigenvalue weighted by Crippen LogP contribution is 2.37. The Morgan fingerprint density at radius 1 is 1.11 bits per heavy atom. The van der Waals surface area contributed by atoms with Gasteiger partial charge in [-0.2, -0.15) is 0 Å². The summed E-state index contributed by atoms with van der Waals surface area (Å²) >= 11 is 0. The van der Waals surface area contributed by atoms with Crippen molar-refractivity contribution < 1.29 is 9.53 Å². The molecule has 3 fully saturated rings. The molecule has 1 unspecified atom stereocenters. The summed E-state index contributed by atoms with van der Waals surface area (Å²) in [7, 11) is 0. The number of carbonyl (C=O) groups is 1. The van der Waals surface area contributed by atoms with E-state index in [1.807, 2.05) is 0 Å². The lowest BCUT2D eigenvalue weighted by atomic mass is 9.85. The van der Waals surface area contributed by atoms with Crippen LogP contribution in [0.25, 0.3) is 0 Å². The van der Waals surface area contributed by atoms with Crippen molar-refractivity contribution in [3.63, 3.8) is 0 Å². The minimum absolute atomic E-state index is 0.226. The number of nitrogens with two attached hydrogens (primary N) is 1. The molecule has 102 valence electrons. The van der Waals surface area contributed by atoms with Crippen LogP contribution in [0.1, 0.15) is 38.5 Å². The van der Waals surface area contributed by atoms with Gasteiger partial charge in [-0.1, -0.05) is 0 Å². The number of nitrogens with zero attached hydrogens (tertiary/aromatic N) is 1. The minimum Gasteiger partial charge on any atom is -0.377 e. The summed E-state index contributed by atoms with van der Waals surface area (Å²) < 4.78 is 5.55. The van der Waals surface area contributed by atoms with Crippen LogP contribution in [0.15, 0.2) is 0 Å². The predicted octanol–water partition coefficient (Wildman–Crippen LogP) is 1.14. The van der Waals surface area contributed by atoms with Gasteiger partial charge in [0.2, 0.25) is 5.91 Å². The fourth-order valence-electron chi connectivity index (χ4n) is 3.37. The molecule has 18 heavy (non-hydrogen) atoms. The van der Waals surface area contributed by atoms with E-state index in [1.165, 1.54) is 12.8 Å². The minimum atomic E-state index is 0.226. The summed E-state index contributed by atoms with van der Waals surface area (Å²) in [5.41, 5.74) is 5.92. The van der Waals surface area contributed by atoms with Crippen molar-refractivity contribution in [1.82, 2.24) is 4.90 Å². The molecule has 3 rings (SSSR count). The molecule has 1 atom stereocenters. The van der Waals surface area contributed by atoms with Crippen LogP contribution in [-0.4, -0.2) is 42.6 Å². The van der Waals surface area contributed by atoms with E-state index in [1.54, 1.807) is 0 Å². The van der Waals surface area contributed by atoms with Gasteiger partial charge in [-0.15, -0.1) is 0 Å². The van der Waals surface area contributed by atoms with Crippen LogP contribution in [0.5, 0.6) is 0 Å². The zero-order valence-electron chi connectivity index (χ0n) is 11.0. The molecule has 3 aliphatic rings. The highest BCUT2D eigenvalue weighted by atomic mass is 16.5. The molecular weight excluding hydrogens is 228 g/mol. The first-order valence-electron chi connectivity index (χ1n) is 7.39. The molecule has 0 radical (unpaired) electrons. The van der Waals surface area contributed by atoms with E-state index in [0.717, 1.165) is 38.8 Å². The van der Waals surface area contributed by atoms with E-state index in [0.29, 0.717) is 30.5 Å². The molecule has 0 aromatic carbocycles. The number of amides is 1. The molecule has 1 aliphatic heterocycles. The van der Waals surface area contributed by atoms with Crippen molar-refractivity contribution >= 4 is 5.91 Å². The van der Waals surface area contributed by atoms with E-state index < -0.39 is 0 Å². The molecule has 2 saturated carbocycles. The van der Waals surface area contributed by atoms with Crippen molar-refractivity contribution in [2.24, 2.45) is 17.6 Å². The molecule has 1 amide bonds. The lowest BCUT2D eigenvalue weighted by molar-refractivity contribution is -0.146. The average Bonchev–Trinajstić information content (AvgIpc) is 3.23. The van der Waals surface area contributed by atoms with Crippen LogP contribution in [0.4, 0.5) is 0 Å². The average molecular weight is 252 g/mol. The Kier molecular flexibility index (Phi) is 3.57. The van der Waals surface area contributed by atoms with Gasteiger partial charge in [-0.25, -0.2) is 0 Å². The molecule has 4 nitrogen and oxygen atoms in total. The first-order valence-corrected chi connectivity index (χ1v) is 7.39. The van der Waals surface area contributed by atoms with Gasteiger partial charge in [0.15, 0.2) is 0 Å². The largest absolute Gasteiger partial charge is 0.377 e. The van der Waals surface area contributed by atoms with Gasteiger partial charge in [-0.05, 0) is 44.4 Å². The first-order chi connectivity index (χ1) is 8.75. The highest BCUT2D eigenvalue weighted by Gasteiger charge is 2.41. The molecule has 1 heterocycles. The highest BCUT2D eigenvalue weighted by molar-refractivity contribution is 5.79. The van der Waals surface area contributed by atoms with Crippen LogP contribution in [-0.2, 0) is 9.53 Å². The summed E-state index contributed by atoms with van der Waals surface area (Å²) in [5, 5.41) is 0. The van der Waals surface area contributed by atoms with Crippen molar-refractivity contribution in [2.75, 3.05) is 19.8 Å². The fourth-order valence-corrected chi connectivity index (χ4v) is 3.37. The van der Waals surface area contributed by atoms with Gasteiger partial charge in [0.1, 0.15) is 0 Å². The zero-order chi connectivity index (χ0) is 12.5. The molecule has 2 N–H and O–H groups in total. The van der Waals surface area contributed by atoms with Gasteiger partial charge in [0.05, 0.1) is 19.3 Å². The maximum atomic E-state index is 12.6. The van der Waals surface area contributed by atoms with Gasteiger partial charge < -0.3 is 15.4 Å². The quantitative estimate of drug-likeness (QED) is 0.802. The summed E-state index contributed by atoms with van der Waals surface area (Å²) in [6.07, 6.45) is 6.52. The van der Waals surface area contributed by atoms with Gasteiger partial charge in [-0.3, -0.25) is 4.79 Å². The summed E-state index contributed by atoms with van der Waals surface area (Å²) in [6, 6.07) is 0.680. The van der Waals surface area contributed by atoms with Crippen LogP contribution < -0.4 is 5.73 Å². The third-order valence-electron chi connectivity index (χ3n) is 4.74. The van der Waals surface area contributed by atoms with E-state index in [9.17, 15) is 4.79 Å². The fraction of sp³-hybridized carbons (Fsp3) is 0.929. The van der Waals surface area contributed by atoms with Crippen LogP contribution in [0, 0.1) is 11.8 Å². The second kappa shape index (κ2) is 5.17. The van der Waals surface area contributed by atoms with Gasteiger partial charge >= 0.3 is 0 Å². The van der Waals surface area contributed by atoms with Crippen molar-refractivity contribution in [2.45, 2.75) is 50.6 Å². The van der Waals surface area contributed by atoms with E-state index in [4.69, 9.17) is 10.5 Å². The number of carbonyl (C=O) groups excluding carboxylic acids is 1. The van der Waals surface area contributed by atoms with E-state index >= 15 is 0 Å². The maximum Gasteiger partial charge on any atom is 0.226 e. The Bertz CT molecular complexity index is 309. The van der Waals surface area contributed by atoms with Crippen molar-refractivity contribution in [1.29, 1.82) is 0 Å². The lowest BCUT2D eigenvalue weighted by Gasteiger charge is -2.39. The maximum absolute atomic E-state index is 12.6. The third-order valence-corrected chi connectivity index (χ3v) is 4.74. The number of ether oxygens (including phenoxy) is 1. The second-order valence-corrected chi connectivity index (χ2v) is 6.12. The van der Waals surface area contributed by atoms with Gasteiger partial charge in [0.25, 0.3) is 0 Å². The molecular formula is C14H24N2O2. The molecule has 0 aromatic heterocycles. The number of morpholine rings is 1. The SMILES string of the molecule is NC1CCC(C(=O)N2CCOCC2C2CC2)CC1. The van der Waals surface area contributed by atoms with E-state index in [2.05, 4.69) is 4.90 Å². The van der Waals surface area contributed by atoms with Crippen LogP contribution in [0.3, 0.4) is 0 Å². The topological polar surface area (TPSA) is 55.6 Å². The Balaban J connectivity index is 1.62. The Morgan fingerprint density at radius 2 is 1.83 bits per heavy atom. The molecule has 1 saturated heterocycles. The third kappa shape index (κ3) is 2.54.